The molecule has 7 heteroatoms. The molecule has 2 saturated heterocycles. The maximum atomic E-state index is 12.3. The van der Waals surface area contributed by atoms with E-state index in [1.165, 1.54) is 0 Å². The van der Waals surface area contributed by atoms with Crippen molar-refractivity contribution in [2.24, 2.45) is 0 Å². The Labute approximate surface area is 149 Å². The topological polar surface area (TPSA) is 60.9 Å². The lowest BCUT2D eigenvalue weighted by Crippen LogP contribution is -2.49. The molecule has 2 aliphatic rings. The van der Waals surface area contributed by atoms with E-state index < -0.39 is 0 Å². The third-order valence-corrected chi connectivity index (χ3v) is 4.83. The standard InChI is InChI=1S/C18H29N5O2/c24-18(4-6-19-7-8-21-13-15-25-16-14-21)23-11-9-22(10-12-23)17-3-1-2-5-20-17/h1-3,5,19H,4,6-16H2. The third kappa shape index (κ3) is 5.66. The zero-order valence-electron chi connectivity index (χ0n) is 14.9. The number of carbonyl (C=O) groups excluding carboxylic acids is 1. The summed E-state index contributed by atoms with van der Waals surface area (Å²) in [7, 11) is 0. The molecule has 2 aliphatic heterocycles. The molecule has 0 radical (unpaired) electrons. The van der Waals surface area contributed by atoms with Crippen molar-refractivity contribution in [3.05, 3.63) is 24.4 Å². The molecule has 1 amide bonds. The van der Waals surface area contributed by atoms with E-state index >= 15 is 0 Å². The molecule has 0 aromatic carbocycles. The van der Waals surface area contributed by atoms with Crippen LogP contribution in [-0.4, -0.2) is 92.8 Å². The summed E-state index contributed by atoms with van der Waals surface area (Å²) in [5, 5.41) is 3.39. The van der Waals surface area contributed by atoms with Crippen LogP contribution in [-0.2, 0) is 9.53 Å². The average molecular weight is 347 g/mol. The van der Waals surface area contributed by atoms with Gasteiger partial charge in [0, 0.05) is 71.5 Å². The minimum absolute atomic E-state index is 0.250. The maximum Gasteiger partial charge on any atom is 0.223 e. The van der Waals surface area contributed by atoms with Crippen molar-refractivity contribution in [3.63, 3.8) is 0 Å². The summed E-state index contributed by atoms with van der Waals surface area (Å²) in [6, 6.07) is 5.95. The van der Waals surface area contributed by atoms with Gasteiger partial charge in [0.2, 0.25) is 5.91 Å². The molecule has 2 fully saturated rings. The van der Waals surface area contributed by atoms with Crippen LogP contribution in [0.5, 0.6) is 0 Å². The molecular formula is C18H29N5O2. The van der Waals surface area contributed by atoms with Crippen LogP contribution in [0.1, 0.15) is 6.42 Å². The zero-order valence-corrected chi connectivity index (χ0v) is 14.9. The summed E-state index contributed by atoms with van der Waals surface area (Å²) in [5.41, 5.74) is 0. The van der Waals surface area contributed by atoms with Crippen molar-refractivity contribution in [1.29, 1.82) is 0 Å². The highest BCUT2D eigenvalue weighted by Crippen LogP contribution is 2.12. The summed E-state index contributed by atoms with van der Waals surface area (Å²) in [4.78, 5) is 23.3. The number of anilines is 1. The lowest BCUT2D eigenvalue weighted by Gasteiger charge is -2.35. The number of nitrogens with zero attached hydrogens (tertiary/aromatic N) is 4. The molecule has 0 saturated carbocycles. The lowest BCUT2D eigenvalue weighted by atomic mass is 10.2. The Hall–Kier alpha value is -1.70. The molecule has 3 heterocycles. The summed E-state index contributed by atoms with van der Waals surface area (Å²) >= 11 is 0. The van der Waals surface area contributed by atoms with Gasteiger partial charge in [-0.25, -0.2) is 4.98 Å². The first-order valence-electron chi connectivity index (χ1n) is 9.27. The Kier molecular flexibility index (Phi) is 7.02. The molecule has 7 nitrogen and oxygen atoms in total. The van der Waals surface area contributed by atoms with Crippen LogP contribution in [0.15, 0.2) is 24.4 Å². The quantitative estimate of drug-likeness (QED) is 0.703. The number of aromatic nitrogens is 1. The number of rotatable bonds is 7. The van der Waals surface area contributed by atoms with Crippen LogP contribution in [0.25, 0.3) is 0 Å². The molecule has 0 spiro atoms. The SMILES string of the molecule is O=C(CCNCCN1CCOCC1)N1CCN(c2ccccn2)CC1. The lowest BCUT2D eigenvalue weighted by molar-refractivity contribution is -0.131. The van der Waals surface area contributed by atoms with Crippen LogP contribution in [0.4, 0.5) is 5.82 Å². The fourth-order valence-corrected chi connectivity index (χ4v) is 3.27. The average Bonchev–Trinajstić information content (AvgIpc) is 2.69. The van der Waals surface area contributed by atoms with Gasteiger partial charge in [-0.05, 0) is 12.1 Å². The second-order valence-corrected chi connectivity index (χ2v) is 6.51. The van der Waals surface area contributed by atoms with Gasteiger partial charge in [-0.3, -0.25) is 9.69 Å². The summed E-state index contributed by atoms with van der Waals surface area (Å²) in [6.07, 6.45) is 2.39. The summed E-state index contributed by atoms with van der Waals surface area (Å²) in [6.45, 7) is 9.69. The highest BCUT2D eigenvalue weighted by molar-refractivity contribution is 5.76. The van der Waals surface area contributed by atoms with Crippen molar-refractivity contribution in [2.75, 3.05) is 77.0 Å². The van der Waals surface area contributed by atoms with Gasteiger partial charge in [0.25, 0.3) is 0 Å². The molecule has 0 atom stereocenters. The van der Waals surface area contributed by atoms with Gasteiger partial charge < -0.3 is 19.9 Å². The van der Waals surface area contributed by atoms with Gasteiger partial charge in [0.15, 0.2) is 0 Å². The van der Waals surface area contributed by atoms with Gasteiger partial charge in [0.1, 0.15) is 5.82 Å². The van der Waals surface area contributed by atoms with Crippen molar-refractivity contribution in [3.8, 4) is 0 Å². The number of pyridine rings is 1. The van der Waals surface area contributed by atoms with E-state index in [2.05, 4.69) is 20.1 Å². The largest absolute Gasteiger partial charge is 0.379 e. The molecule has 1 aromatic rings. The molecule has 138 valence electrons. The van der Waals surface area contributed by atoms with E-state index in [1.54, 1.807) is 0 Å². The van der Waals surface area contributed by atoms with Crippen molar-refractivity contribution < 1.29 is 9.53 Å². The maximum absolute atomic E-state index is 12.3. The Morgan fingerprint density at radius 2 is 1.88 bits per heavy atom. The molecule has 0 bridgehead atoms. The fraction of sp³-hybridized carbons (Fsp3) is 0.667. The minimum atomic E-state index is 0.250. The van der Waals surface area contributed by atoms with Crippen molar-refractivity contribution in [2.45, 2.75) is 6.42 Å². The second kappa shape index (κ2) is 9.70. The van der Waals surface area contributed by atoms with Crippen LogP contribution in [0.2, 0.25) is 0 Å². The van der Waals surface area contributed by atoms with E-state index in [1.807, 2.05) is 29.3 Å². The van der Waals surface area contributed by atoms with Gasteiger partial charge in [0.05, 0.1) is 13.2 Å². The number of amides is 1. The van der Waals surface area contributed by atoms with Gasteiger partial charge >= 0.3 is 0 Å². The molecule has 3 rings (SSSR count). The summed E-state index contributed by atoms with van der Waals surface area (Å²) < 4.78 is 5.34. The number of piperazine rings is 1. The predicted molar refractivity (Wildman–Crippen MR) is 97.8 cm³/mol. The van der Waals surface area contributed by atoms with Crippen LogP contribution >= 0.6 is 0 Å². The smallest absolute Gasteiger partial charge is 0.223 e. The molecule has 0 aliphatic carbocycles. The van der Waals surface area contributed by atoms with Gasteiger partial charge in [-0.2, -0.15) is 0 Å². The van der Waals surface area contributed by atoms with Crippen LogP contribution < -0.4 is 10.2 Å². The zero-order chi connectivity index (χ0) is 17.3. The Morgan fingerprint density at radius 1 is 1.08 bits per heavy atom. The fourth-order valence-electron chi connectivity index (χ4n) is 3.27. The highest BCUT2D eigenvalue weighted by atomic mass is 16.5. The minimum Gasteiger partial charge on any atom is -0.379 e. The second-order valence-electron chi connectivity index (χ2n) is 6.51. The van der Waals surface area contributed by atoms with Crippen molar-refractivity contribution >= 4 is 11.7 Å². The predicted octanol–water partition coefficient (Wildman–Crippen LogP) is 0.0421. The molecule has 1 N–H and O–H groups in total. The van der Waals surface area contributed by atoms with Crippen LogP contribution in [0, 0.1) is 0 Å². The van der Waals surface area contributed by atoms with E-state index in [9.17, 15) is 4.79 Å². The van der Waals surface area contributed by atoms with Crippen molar-refractivity contribution in [1.82, 2.24) is 20.1 Å². The van der Waals surface area contributed by atoms with Gasteiger partial charge in [-0.15, -0.1) is 0 Å². The van der Waals surface area contributed by atoms with Crippen LogP contribution in [0.3, 0.4) is 0 Å². The number of hydrogen-bond donors (Lipinski definition) is 1. The monoisotopic (exact) mass is 347 g/mol. The first-order valence-corrected chi connectivity index (χ1v) is 9.27. The Bertz CT molecular complexity index is 513. The Morgan fingerprint density at radius 3 is 2.60 bits per heavy atom. The number of morpholine rings is 1. The first kappa shape index (κ1) is 18.1. The van der Waals surface area contributed by atoms with Gasteiger partial charge in [-0.1, -0.05) is 6.07 Å². The number of ether oxygens (including phenoxy) is 1. The molecule has 25 heavy (non-hydrogen) atoms. The first-order chi connectivity index (χ1) is 12.3. The normalized spacial score (nSPS) is 19.2. The molecule has 1 aromatic heterocycles. The highest BCUT2D eigenvalue weighted by Gasteiger charge is 2.21. The van der Waals surface area contributed by atoms with E-state index in [0.717, 1.165) is 77.9 Å². The van der Waals surface area contributed by atoms with E-state index in [-0.39, 0.29) is 5.91 Å². The number of hydrogen-bond acceptors (Lipinski definition) is 6. The van der Waals surface area contributed by atoms with E-state index in [4.69, 9.17) is 4.74 Å². The number of nitrogens with one attached hydrogen (secondary N) is 1. The Balaban J connectivity index is 1.28. The summed E-state index contributed by atoms with van der Waals surface area (Å²) in [5.74, 6) is 1.25. The molecular weight excluding hydrogens is 318 g/mol. The third-order valence-electron chi connectivity index (χ3n) is 4.83. The molecule has 0 unspecified atom stereocenters. The number of carbonyl (C=O) groups is 1. The van der Waals surface area contributed by atoms with E-state index in [0.29, 0.717) is 6.42 Å².